The van der Waals surface area contributed by atoms with Crippen LogP contribution in [0.1, 0.15) is 205 Å². The Kier molecular flexibility index (Phi) is 23.4. The topological polar surface area (TPSA) is 94.3 Å². The minimum Gasteiger partial charge on any atom is -0.493 e. The third kappa shape index (κ3) is 17.4. The molecule has 2 N–H and O–H groups in total. The molecule has 8 bridgehead atoms. The second kappa shape index (κ2) is 30.8. The zero-order valence-electron chi connectivity index (χ0n) is 44.9. The number of hydrogen-bond donors (Lipinski definition) is 2. The van der Waals surface area contributed by atoms with Crippen LogP contribution in [0.15, 0.2) is 71.2 Å². The molecular weight excluding hydrogens is 969 g/mol. The Bertz CT molecular complexity index is 2540. The van der Waals surface area contributed by atoms with Crippen molar-refractivity contribution in [2.24, 2.45) is 0 Å². The highest BCUT2D eigenvalue weighted by molar-refractivity contribution is 9.10. The first-order valence-electron chi connectivity index (χ1n) is 28.6. The molecule has 392 valence electrons. The summed E-state index contributed by atoms with van der Waals surface area (Å²) in [7, 11) is 0. The largest absolute Gasteiger partial charge is 0.493 e. The average molecular weight is 1050 g/mol. The molecule has 0 unspecified atom stereocenters. The summed E-state index contributed by atoms with van der Waals surface area (Å²) in [6.07, 6.45) is 37.5. The molecule has 8 nitrogen and oxygen atoms in total. The first kappa shape index (κ1) is 55.5. The first-order valence-corrected chi connectivity index (χ1v) is 29.4. The van der Waals surface area contributed by atoms with Gasteiger partial charge < -0.3 is 28.9 Å². The van der Waals surface area contributed by atoms with Crippen molar-refractivity contribution in [3.8, 4) is 45.3 Å². The minimum atomic E-state index is 0.669. The summed E-state index contributed by atoms with van der Waals surface area (Å²) in [6.45, 7) is 11.7. The number of aromatic amines is 2. The molecule has 0 radical (unpaired) electrons. The van der Waals surface area contributed by atoms with Crippen LogP contribution in [0.4, 0.5) is 0 Å². The van der Waals surface area contributed by atoms with Gasteiger partial charge in [-0.3, -0.25) is 0 Å². The quantitative estimate of drug-likeness (QED) is 0.0391. The average Bonchev–Trinajstić information content (AvgIpc) is 4.25. The highest BCUT2D eigenvalue weighted by atomic mass is 79.9. The van der Waals surface area contributed by atoms with Gasteiger partial charge in [0.05, 0.1) is 59.2 Å². The number of nitrogens with one attached hydrogen (secondary N) is 2. The van der Waals surface area contributed by atoms with E-state index in [4.69, 9.17) is 28.9 Å². The Labute approximate surface area is 446 Å². The highest BCUT2D eigenvalue weighted by Gasteiger charge is 2.18. The van der Waals surface area contributed by atoms with Crippen LogP contribution in [-0.4, -0.2) is 46.4 Å². The van der Waals surface area contributed by atoms with Gasteiger partial charge in [0.1, 0.15) is 23.0 Å². The molecule has 5 heterocycles. The second-order valence-electron chi connectivity index (χ2n) is 20.1. The van der Waals surface area contributed by atoms with Crippen LogP contribution in [0.3, 0.4) is 0 Å². The Balaban J connectivity index is 1.27. The predicted octanol–water partition coefficient (Wildman–Crippen LogP) is 19.7. The predicted molar refractivity (Wildman–Crippen MR) is 313 cm³/mol. The van der Waals surface area contributed by atoms with Crippen molar-refractivity contribution >= 4 is 62.3 Å². The van der Waals surface area contributed by atoms with Gasteiger partial charge in [0.2, 0.25) is 0 Å². The third-order valence-corrected chi connectivity index (χ3v) is 14.7. The molecule has 9 heteroatoms. The zero-order chi connectivity index (χ0) is 50.9. The number of H-pyrrole nitrogens is 2. The fourth-order valence-corrected chi connectivity index (χ4v) is 10.2. The van der Waals surface area contributed by atoms with Gasteiger partial charge in [-0.15, -0.1) is 0 Å². The van der Waals surface area contributed by atoms with Crippen LogP contribution in [0.2, 0.25) is 0 Å². The van der Waals surface area contributed by atoms with E-state index in [2.05, 4.69) is 145 Å². The summed E-state index contributed by atoms with van der Waals surface area (Å²) in [5, 5.41) is 0. The number of rotatable bonds is 34. The number of nitrogens with zero attached hydrogens (tertiary/aromatic N) is 2. The van der Waals surface area contributed by atoms with E-state index >= 15 is 0 Å². The van der Waals surface area contributed by atoms with Crippen molar-refractivity contribution in [1.29, 1.82) is 0 Å². The van der Waals surface area contributed by atoms with Crippen LogP contribution in [0, 0.1) is 0 Å². The lowest BCUT2D eigenvalue weighted by atomic mass is 10.0. The molecule has 0 fully saturated rings. The SMILES string of the molecule is CCCCCCCCOc1cc(OCCCCCCCC)cc(-c2c3nc(c(Br)c4ccc([nH]4)c(-c4cc(OCCCCCCCC)cc(OCCCCCCCC)c4)c4nc(cc5ccc2[nH]5)C=C4)C=C3)c1. The van der Waals surface area contributed by atoms with Gasteiger partial charge in [0.15, 0.2) is 0 Å². The maximum Gasteiger partial charge on any atom is 0.123 e. The van der Waals surface area contributed by atoms with E-state index in [1.165, 1.54) is 128 Å². The minimum absolute atomic E-state index is 0.669. The summed E-state index contributed by atoms with van der Waals surface area (Å²) in [5.74, 6) is 3.25. The number of unbranched alkanes of at least 4 members (excludes halogenated alkanes) is 20. The van der Waals surface area contributed by atoms with E-state index in [-0.39, 0.29) is 0 Å². The summed E-state index contributed by atoms with van der Waals surface area (Å²) < 4.78 is 27.0. The molecule has 7 rings (SSSR count). The maximum absolute atomic E-state index is 6.53. The van der Waals surface area contributed by atoms with E-state index < -0.39 is 0 Å². The monoisotopic (exact) mass is 1050 g/mol. The highest BCUT2D eigenvalue weighted by Crippen LogP contribution is 2.39. The molecular formula is C64H85BrN4O4. The Morgan fingerprint density at radius 1 is 0.370 bits per heavy atom. The summed E-state index contributed by atoms with van der Waals surface area (Å²) in [6, 6.07) is 23.4. The third-order valence-electron chi connectivity index (χ3n) is 13.9. The molecule has 0 atom stereocenters. The number of benzene rings is 2. The normalized spacial score (nSPS) is 12.0. The van der Waals surface area contributed by atoms with Crippen molar-refractivity contribution in [3.63, 3.8) is 0 Å². The van der Waals surface area contributed by atoms with Crippen LogP contribution in [0.25, 0.3) is 68.6 Å². The lowest BCUT2D eigenvalue weighted by molar-refractivity contribution is 0.289. The fraction of sp³-hybridized carbons (Fsp3) is 0.500. The van der Waals surface area contributed by atoms with Crippen molar-refractivity contribution in [3.05, 3.63) is 94.0 Å². The number of hydrogen-bond acceptors (Lipinski definition) is 6. The smallest absolute Gasteiger partial charge is 0.123 e. The van der Waals surface area contributed by atoms with Crippen LogP contribution < -0.4 is 18.9 Å². The van der Waals surface area contributed by atoms with Gasteiger partial charge in [-0.1, -0.05) is 156 Å². The standard InChI is InChI=1S/C64H85BrN4O4/c1-5-9-13-17-21-25-37-70-52-41-48(42-53(46-52)71-38-26-22-18-14-10-6-2)62-56-31-29-50(66-56)45-51-30-32-57(67-51)63(59-34-36-61(69-59)64(65)60-35-33-58(62)68-60)49-43-54(72-39-27-23-19-15-11-7-3)47-55(44-49)73-40-28-24-20-16-12-8-4/h29-36,41-47,66,69H,5-28,37-40H2,1-4H3. The van der Waals surface area contributed by atoms with Gasteiger partial charge in [-0.25, -0.2) is 9.97 Å². The van der Waals surface area contributed by atoms with E-state index in [0.717, 1.165) is 120 Å². The van der Waals surface area contributed by atoms with Crippen LogP contribution in [0.5, 0.6) is 23.0 Å². The summed E-state index contributed by atoms with van der Waals surface area (Å²) in [4.78, 5) is 18.2. The molecule has 2 aliphatic heterocycles. The fourth-order valence-electron chi connectivity index (χ4n) is 9.77. The molecule has 0 saturated carbocycles. The van der Waals surface area contributed by atoms with Crippen LogP contribution in [-0.2, 0) is 0 Å². The Morgan fingerprint density at radius 2 is 0.740 bits per heavy atom. The molecule has 0 aliphatic carbocycles. The summed E-state index contributed by atoms with van der Waals surface area (Å²) >= 11 is 4.01. The van der Waals surface area contributed by atoms with Crippen molar-refractivity contribution in [2.45, 2.75) is 182 Å². The van der Waals surface area contributed by atoms with E-state index in [1.54, 1.807) is 0 Å². The zero-order valence-corrected chi connectivity index (χ0v) is 46.5. The molecule has 0 spiro atoms. The Morgan fingerprint density at radius 3 is 1.21 bits per heavy atom. The molecule has 0 saturated heterocycles. The van der Waals surface area contributed by atoms with Gasteiger partial charge >= 0.3 is 0 Å². The molecule has 5 aromatic rings. The molecule has 2 aromatic carbocycles. The lowest BCUT2D eigenvalue weighted by Gasteiger charge is -2.14. The molecule has 2 aliphatic rings. The number of aromatic nitrogens is 4. The molecule has 73 heavy (non-hydrogen) atoms. The molecule has 3 aromatic heterocycles. The number of fused-ring (bicyclic) bond motifs is 8. The lowest BCUT2D eigenvalue weighted by Crippen LogP contribution is -2.01. The Hall–Kier alpha value is -5.28. The summed E-state index contributed by atoms with van der Waals surface area (Å²) in [5.41, 5.74) is 11.0. The maximum atomic E-state index is 6.53. The van der Waals surface area contributed by atoms with Crippen molar-refractivity contribution < 1.29 is 18.9 Å². The van der Waals surface area contributed by atoms with E-state index in [1.807, 2.05) is 0 Å². The van der Waals surface area contributed by atoms with E-state index in [0.29, 0.717) is 26.4 Å². The van der Waals surface area contributed by atoms with Crippen LogP contribution >= 0.6 is 15.9 Å². The van der Waals surface area contributed by atoms with Gasteiger partial charge in [0, 0.05) is 39.8 Å². The first-order chi connectivity index (χ1) is 36.0. The number of ether oxygens (including phenoxy) is 4. The number of halogens is 1. The van der Waals surface area contributed by atoms with Crippen molar-refractivity contribution in [2.75, 3.05) is 26.4 Å². The van der Waals surface area contributed by atoms with E-state index in [9.17, 15) is 0 Å². The molecule has 0 amide bonds. The van der Waals surface area contributed by atoms with Gasteiger partial charge in [-0.05, 0) is 132 Å². The van der Waals surface area contributed by atoms with Gasteiger partial charge in [0.25, 0.3) is 0 Å². The van der Waals surface area contributed by atoms with Crippen molar-refractivity contribution in [1.82, 2.24) is 19.9 Å². The van der Waals surface area contributed by atoms with Gasteiger partial charge in [-0.2, -0.15) is 0 Å². The second-order valence-corrected chi connectivity index (χ2v) is 20.9.